The van der Waals surface area contributed by atoms with E-state index in [0.29, 0.717) is 28.6 Å². The highest BCUT2D eigenvalue weighted by Gasteiger charge is 2.22. The summed E-state index contributed by atoms with van der Waals surface area (Å²) >= 11 is 6.18. The van der Waals surface area contributed by atoms with E-state index in [-0.39, 0.29) is 41.2 Å². The molecule has 36 heavy (non-hydrogen) atoms. The summed E-state index contributed by atoms with van der Waals surface area (Å²) in [7, 11) is 0. The molecule has 0 saturated carbocycles. The number of piperidine rings is 1. The number of carbonyl (C=O) groups excluding carboxylic acids is 1. The van der Waals surface area contributed by atoms with Gasteiger partial charge in [0.15, 0.2) is 5.65 Å². The van der Waals surface area contributed by atoms with Crippen LogP contribution in [0.25, 0.3) is 22.4 Å². The number of fused-ring (bicyclic) bond motifs is 1. The van der Waals surface area contributed by atoms with Crippen molar-refractivity contribution >= 4 is 28.5 Å². The summed E-state index contributed by atoms with van der Waals surface area (Å²) in [6.45, 7) is 6.02. The van der Waals surface area contributed by atoms with Crippen LogP contribution in [0.2, 0.25) is 5.02 Å². The van der Waals surface area contributed by atoms with E-state index in [1.807, 2.05) is 13.8 Å². The Kier molecular flexibility index (Phi) is 8.18. The molecule has 3 heterocycles. The number of halogens is 1. The number of pyridine rings is 1. The van der Waals surface area contributed by atoms with Gasteiger partial charge in [-0.3, -0.25) is 14.2 Å². The zero-order valence-electron chi connectivity index (χ0n) is 20.4. The Morgan fingerprint density at radius 3 is 2.78 bits per heavy atom. The number of nitriles is 1. The van der Waals surface area contributed by atoms with Crippen LogP contribution in [0.3, 0.4) is 0 Å². The summed E-state index contributed by atoms with van der Waals surface area (Å²) in [6, 6.07) is 10.8. The maximum absolute atomic E-state index is 13.6. The summed E-state index contributed by atoms with van der Waals surface area (Å²) in [5, 5.41) is 12.4. The third-order valence-corrected chi connectivity index (χ3v) is 6.23. The second-order valence-corrected chi connectivity index (χ2v) is 9.60. The van der Waals surface area contributed by atoms with Crippen LogP contribution in [0, 0.1) is 11.3 Å². The average Bonchev–Trinajstić information content (AvgIpc) is 2.85. The zero-order valence-corrected chi connectivity index (χ0v) is 21.2. The molecule has 1 saturated heterocycles. The fourth-order valence-corrected chi connectivity index (χ4v) is 4.50. The van der Waals surface area contributed by atoms with Gasteiger partial charge in [0.25, 0.3) is 5.56 Å². The van der Waals surface area contributed by atoms with Crippen LogP contribution in [0.15, 0.2) is 41.3 Å². The van der Waals surface area contributed by atoms with Gasteiger partial charge in [-0.05, 0) is 44.9 Å². The van der Waals surface area contributed by atoms with Crippen LogP contribution < -0.4 is 15.6 Å². The van der Waals surface area contributed by atoms with E-state index in [1.54, 1.807) is 36.5 Å². The summed E-state index contributed by atoms with van der Waals surface area (Å²) in [5.41, 5.74) is 0.511. The second kappa shape index (κ2) is 11.5. The fraction of sp³-hybridized carbons (Fsp3) is 0.423. The molecule has 0 radical (unpaired) electrons. The molecule has 188 valence electrons. The maximum atomic E-state index is 13.6. The maximum Gasteiger partial charge on any atom is 0.263 e. The highest BCUT2D eigenvalue weighted by atomic mass is 35.5. The number of benzene rings is 1. The number of amides is 1. The van der Waals surface area contributed by atoms with Gasteiger partial charge in [0.1, 0.15) is 24.2 Å². The number of rotatable bonds is 8. The molecule has 1 amide bonds. The van der Waals surface area contributed by atoms with Gasteiger partial charge in [0.2, 0.25) is 5.91 Å². The van der Waals surface area contributed by atoms with Gasteiger partial charge in [0.05, 0.1) is 17.7 Å². The first-order chi connectivity index (χ1) is 17.3. The van der Waals surface area contributed by atoms with Crippen LogP contribution >= 0.6 is 11.6 Å². The van der Waals surface area contributed by atoms with Crippen molar-refractivity contribution in [3.63, 3.8) is 0 Å². The van der Waals surface area contributed by atoms with E-state index in [0.717, 1.165) is 32.5 Å². The molecular formula is C26H29ClN6O3. The lowest BCUT2D eigenvalue weighted by Gasteiger charge is -2.31. The van der Waals surface area contributed by atoms with Crippen LogP contribution in [0.1, 0.15) is 33.1 Å². The standard InChI is InChI=1S/C26H29ClN6O3/c1-17(2)30-23(34)16-33-25(18-5-3-6-19(27)13-18)31-24-22(26(33)35)14-21(15-29-24)36-20-7-11-32(12-8-20)10-4-9-28/h3,5-6,13-15,17,20H,4,7-8,10-12,16H2,1-2H3,(H,30,34). The van der Waals surface area contributed by atoms with Gasteiger partial charge in [0, 0.05) is 42.7 Å². The van der Waals surface area contributed by atoms with E-state index in [2.05, 4.69) is 26.3 Å². The van der Waals surface area contributed by atoms with Crippen LogP contribution in [0.4, 0.5) is 0 Å². The summed E-state index contributed by atoms with van der Waals surface area (Å²) in [4.78, 5) is 37.5. The number of hydrogen-bond donors (Lipinski definition) is 1. The quantitative estimate of drug-likeness (QED) is 0.496. The number of ether oxygens (including phenoxy) is 1. The van der Waals surface area contributed by atoms with Gasteiger partial charge in [-0.1, -0.05) is 23.7 Å². The Labute approximate surface area is 214 Å². The van der Waals surface area contributed by atoms with Crippen molar-refractivity contribution in [1.82, 2.24) is 24.8 Å². The molecule has 0 bridgehead atoms. The monoisotopic (exact) mass is 508 g/mol. The van der Waals surface area contributed by atoms with E-state index >= 15 is 0 Å². The number of nitrogens with one attached hydrogen (secondary N) is 1. The molecule has 0 atom stereocenters. The first-order valence-electron chi connectivity index (χ1n) is 12.1. The molecule has 10 heteroatoms. The lowest BCUT2D eigenvalue weighted by Crippen LogP contribution is -2.38. The highest BCUT2D eigenvalue weighted by molar-refractivity contribution is 6.30. The summed E-state index contributed by atoms with van der Waals surface area (Å²) < 4.78 is 7.50. The predicted molar refractivity (Wildman–Crippen MR) is 138 cm³/mol. The van der Waals surface area contributed by atoms with Gasteiger partial charge < -0.3 is 15.0 Å². The van der Waals surface area contributed by atoms with Crippen molar-refractivity contribution in [2.24, 2.45) is 0 Å². The van der Waals surface area contributed by atoms with E-state index in [9.17, 15) is 9.59 Å². The Balaban J connectivity index is 1.65. The molecule has 1 N–H and O–H groups in total. The molecule has 3 aromatic rings. The first-order valence-corrected chi connectivity index (χ1v) is 12.4. The van der Waals surface area contributed by atoms with Crippen LogP contribution in [-0.2, 0) is 11.3 Å². The van der Waals surface area contributed by atoms with E-state index < -0.39 is 0 Å². The van der Waals surface area contributed by atoms with Gasteiger partial charge in [-0.25, -0.2) is 9.97 Å². The molecule has 2 aromatic heterocycles. The number of likely N-dealkylation sites (tertiary alicyclic amines) is 1. The van der Waals surface area contributed by atoms with Crippen molar-refractivity contribution < 1.29 is 9.53 Å². The molecule has 1 aromatic carbocycles. The number of carbonyl (C=O) groups is 1. The molecule has 9 nitrogen and oxygen atoms in total. The van der Waals surface area contributed by atoms with Crippen molar-refractivity contribution in [2.45, 2.75) is 51.8 Å². The molecule has 4 rings (SSSR count). The fourth-order valence-electron chi connectivity index (χ4n) is 4.31. The molecule has 1 aliphatic rings. The number of hydrogen-bond acceptors (Lipinski definition) is 7. The highest BCUT2D eigenvalue weighted by Crippen LogP contribution is 2.24. The average molecular weight is 509 g/mol. The predicted octanol–water partition coefficient (Wildman–Crippen LogP) is 3.39. The molecular weight excluding hydrogens is 480 g/mol. The largest absolute Gasteiger partial charge is 0.489 e. The lowest BCUT2D eigenvalue weighted by atomic mass is 10.1. The minimum Gasteiger partial charge on any atom is -0.489 e. The molecule has 1 fully saturated rings. The summed E-state index contributed by atoms with van der Waals surface area (Å²) in [6.07, 6.45) is 3.75. The summed E-state index contributed by atoms with van der Waals surface area (Å²) in [5.74, 6) is 0.519. The van der Waals surface area contributed by atoms with Crippen molar-refractivity contribution in [1.29, 1.82) is 5.26 Å². The Bertz CT molecular complexity index is 1340. The lowest BCUT2D eigenvalue weighted by molar-refractivity contribution is -0.122. The smallest absolute Gasteiger partial charge is 0.263 e. The Morgan fingerprint density at radius 1 is 1.31 bits per heavy atom. The van der Waals surface area contributed by atoms with Gasteiger partial charge >= 0.3 is 0 Å². The van der Waals surface area contributed by atoms with Gasteiger partial charge in [-0.2, -0.15) is 5.26 Å². The molecule has 1 aliphatic heterocycles. The topological polar surface area (TPSA) is 113 Å². The number of aromatic nitrogens is 3. The van der Waals surface area contributed by atoms with Crippen LogP contribution in [0.5, 0.6) is 5.75 Å². The third kappa shape index (κ3) is 6.20. The minimum absolute atomic E-state index is 0.000300. The van der Waals surface area contributed by atoms with E-state index in [1.165, 1.54) is 4.57 Å². The molecule has 0 aliphatic carbocycles. The van der Waals surface area contributed by atoms with Crippen molar-refractivity contribution in [3.8, 4) is 23.2 Å². The van der Waals surface area contributed by atoms with Crippen molar-refractivity contribution in [2.75, 3.05) is 19.6 Å². The number of nitrogens with zero attached hydrogens (tertiary/aromatic N) is 5. The second-order valence-electron chi connectivity index (χ2n) is 9.17. The van der Waals surface area contributed by atoms with Crippen molar-refractivity contribution in [3.05, 3.63) is 51.9 Å². The van der Waals surface area contributed by atoms with E-state index in [4.69, 9.17) is 21.6 Å². The van der Waals surface area contributed by atoms with Gasteiger partial charge in [-0.15, -0.1) is 0 Å². The third-order valence-electron chi connectivity index (χ3n) is 6.00. The zero-order chi connectivity index (χ0) is 25.7. The van der Waals surface area contributed by atoms with Crippen LogP contribution in [-0.4, -0.2) is 57.1 Å². The molecule has 0 unspecified atom stereocenters. The SMILES string of the molecule is CC(C)NC(=O)Cn1c(-c2cccc(Cl)c2)nc2ncc(OC3CCN(CCC#N)CC3)cc2c1=O. The first kappa shape index (κ1) is 25.6. The normalized spacial score (nSPS) is 14.6. The minimum atomic E-state index is -0.377. The Hall–Kier alpha value is -3.48. The Morgan fingerprint density at radius 2 is 2.08 bits per heavy atom. The molecule has 0 spiro atoms.